The zero-order chi connectivity index (χ0) is 13.9. The number of hydrogen-bond acceptors (Lipinski definition) is 2. The van der Waals surface area contributed by atoms with Crippen molar-refractivity contribution < 1.29 is 9.13 Å². The molecule has 18 heavy (non-hydrogen) atoms. The molecular weight excluding hydrogens is 253 g/mol. The Morgan fingerprint density at radius 3 is 2.44 bits per heavy atom. The van der Waals surface area contributed by atoms with E-state index in [0.29, 0.717) is 6.42 Å². The molecule has 2 unspecified atom stereocenters. The Bertz CT molecular complexity index is 403. The van der Waals surface area contributed by atoms with E-state index in [1.807, 2.05) is 0 Å². The van der Waals surface area contributed by atoms with Crippen LogP contribution in [0.2, 0.25) is 5.02 Å². The van der Waals surface area contributed by atoms with Crippen LogP contribution in [0.3, 0.4) is 0 Å². The highest BCUT2D eigenvalue weighted by Crippen LogP contribution is 2.25. The molecule has 0 aliphatic rings. The SMILES string of the molecule is COC(C(N)Cc1ccc(Cl)c(F)c1)C(C)(C)C. The molecule has 0 bridgehead atoms. The molecule has 0 amide bonds. The fourth-order valence-electron chi connectivity index (χ4n) is 2.22. The second kappa shape index (κ2) is 6.00. The normalized spacial score (nSPS) is 15.5. The van der Waals surface area contributed by atoms with Crippen LogP contribution < -0.4 is 5.73 Å². The van der Waals surface area contributed by atoms with Gasteiger partial charge in [-0.3, -0.25) is 0 Å². The smallest absolute Gasteiger partial charge is 0.142 e. The highest BCUT2D eigenvalue weighted by Gasteiger charge is 2.30. The van der Waals surface area contributed by atoms with Gasteiger partial charge in [-0.2, -0.15) is 0 Å². The van der Waals surface area contributed by atoms with Crippen LogP contribution in [0, 0.1) is 11.2 Å². The predicted molar refractivity (Wildman–Crippen MR) is 73.3 cm³/mol. The summed E-state index contributed by atoms with van der Waals surface area (Å²) in [5, 5.41) is 0.131. The maximum absolute atomic E-state index is 13.3. The Kier molecular flexibility index (Phi) is 5.14. The van der Waals surface area contributed by atoms with Crippen LogP contribution in [0.1, 0.15) is 26.3 Å². The maximum Gasteiger partial charge on any atom is 0.142 e. The molecule has 0 heterocycles. The van der Waals surface area contributed by atoms with Crippen LogP contribution in [0.5, 0.6) is 0 Å². The lowest BCUT2D eigenvalue weighted by molar-refractivity contribution is -0.00166. The fourth-order valence-corrected chi connectivity index (χ4v) is 2.33. The van der Waals surface area contributed by atoms with Crippen LogP contribution >= 0.6 is 11.6 Å². The lowest BCUT2D eigenvalue weighted by atomic mass is 9.83. The number of benzene rings is 1. The average Bonchev–Trinajstić information content (AvgIpc) is 2.22. The summed E-state index contributed by atoms with van der Waals surface area (Å²) in [6, 6.07) is 4.59. The molecule has 4 heteroatoms. The summed E-state index contributed by atoms with van der Waals surface area (Å²) in [6.45, 7) is 6.22. The Morgan fingerprint density at radius 1 is 1.39 bits per heavy atom. The van der Waals surface area contributed by atoms with E-state index in [2.05, 4.69) is 20.8 Å². The standard InChI is InChI=1S/C14H21ClFNO/c1-14(2,3)13(18-4)12(17)8-9-5-6-10(15)11(16)7-9/h5-7,12-13H,8,17H2,1-4H3. The molecule has 0 aromatic heterocycles. The van der Waals surface area contributed by atoms with Crippen molar-refractivity contribution in [3.63, 3.8) is 0 Å². The molecule has 0 aliphatic heterocycles. The number of rotatable bonds is 4. The Morgan fingerprint density at radius 2 is 2.00 bits per heavy atom. The van der Waals surface area contributed by atoms with Crippen molar-refractivity contribution >= 4 is 11.6 Å². The van der Waals surface area contributed by atoms with Crippen LogP contribution in [-0.4, -0.2) is 19.3 Å². The Labute approximate surface area is 113 Å². The maximum atomic E-state index is 13.3. The van der Waals surface area contributed by atoms with Gasteiger partial charge in [0, 0.05) is 13.2 Å². The number of ether oxygens (including phenoxy) is 1. The van der Waals surface area contributed by atoms with Gasteiger partial charge < -0.3 is 10.5 Å². The van der Waals surface area contributed by atoms with Gasteiger partial charge in [-0.05, 0) is 29.5 Å². The van der Waals surface area contributed by atoms with Crippen molar-refractivity contribution in [3.8, 4) is 0 Å². The average molecular weight is 274 g/mol. The number of methoxy groups -OCH3 is 1. The van der Waals surface area contributed by atoms with E-state index < -0.39 is 5.82 Å². The van der Waals surface area contributed by atoms with Gasteiger partial charge in [0.1, 0.15) is 5.82 Å². The summed E-state index contributed by atoms with van der Waals surface area (Å²) in [6.07, 6.45) is 0.473. The quantitative estimate of drug-likeness (QED) is 0.912. The minimum absolute atomic E-state index is 0.0564. The van der Waals surface area contributed by atoms with Crippen molar-refractivity contribution in [1.82, 2.24) is 0 Å². The van der Waals surface area contributed by atoms with Gasteiger partial charge in [0.2, 0.25) is 0 Å². The summed E-state index contributed by atoms with van der Waals surface area (Å²) in [5.74, 6) is -0.411. The molecule has 102 valence electrons. The van der Waals surface area contributed by atoms with Crippen molar-refractivity contribution in [1.29, 1.82) is 0 Å². The molecule has 0 aliphatic carbocycles. The van der Waals surface area contributed by atoms with Crippen LogP contribution in [0.4, 0.5) is 4.39 Å². The molecule has 0 saturated carbocycles. The van der Waals surface area contributed by atoms with E-state index in [4.69, 9.17) is 22.1 Å². The number of nitrogens with two attached hydrogens (primary N) is 1. The predicted octanol–water partition coefficient (Wildman–Crippen LogP) is 3.41. The first-order chi connectivity index (χ1) is 8.25. The lowest BCUT2D eigenvalue weighted by Crippen LogP contribution is -2.46. The van der Waals surface area contributed by atoms with Crippen molar-refractivity contribution in [3.05, 3.63) is 34.6 Å². The first kappa shape index (κ1) is 15.4. The molecule has 1 rings (SSSR count). The van der Waals surface area contributed by atoms with Gasteiger partial charge in [-0.15, -0.1) is 0 Å². The highest BCUT2D eigenvalue weighted by atomic mass is 35.5. The van der Waals surface area contributed by atoms with Gasteiger partial charge in [-0.25, -0.2) is 4.39 Å². The monoisotopic (exact) mass is 273 g/mol. The van der Waals surface area contributed by atoms with E-state index in [1.165, 1.54) is 6.07 Å². The first-order valence-corrected chi connectivity index (χ1v) is 6.36. The molecule has 0 saturated heterocycles. The van der Waals surface area contributed by atoms with Gasteiger partial charge >= 0.3 is 0 Å². The van der Waals surface area contributed by atoms with Gasteiger partial charge in [-0.1, -0.05) is 38.4 Å². The summed E-state index contributed by atoms with van der Waals surface area (Å²) >= 11 is 5.65. The summed E-state index contributed by atoms with van der Waals surface area (Å²) < 4.78 is 18.8. The summed E-state index contributed by atoms with van der Waals surface area (Å²) in [4.78, 5) is 0. The number of halogens is 2. The third kappa shape index (κ3) is 3.94. The summed E-state index contributed by atoms with van der Waals surface area (Å²) in [7, 11) is 1.65. The van der Waals surface area contributed by atoms with Crippen LogP contribution in [0.25, 0.3) is 0 Å². The second-order valence-electron chi connectivity index (χ2n) is 5.64. The van der Waals surface area contributed by atoms with E-state index in [-0.39, 0.29) is 22.6 Å². The van der Waals surface area contributed by atoms with Gasteiger partial charge in [0.15, 0.2) is 0 Å². The second-order valence-corrected chi connectivity index (χ2v) is 6.05. The zero-order valence-corrected chi connectivity index (χ0v) is 12.1. The first-order valence-electron chi connectivity index (χ1n) is 5.98. The Hall–Kier alpha value is -0.640. The minimum atomic E-state index is -0.411. The van der Waals surface area contributed by atoms with Crippen molar-refractivity contribution in [2.45, 2.75) is 39.3 Å². The van der Waals surface area contributed by atoms with Crippen LogP contribution in [-0.2, 0) is 11.2 Å². The molecular formula is C14H21ClFNO. The van der Waals surface area contributed by atoms with Gasteiger partial charge in [0.25, 0.3) is 0 Å². The lowest BCUT2D eigenvalue weighted by Gasteiger charge is -2.34. The third-order valence-corrected chi connectivity index (χ3v) is 3.26. The van der Waals surface area contributed by atoms with Crippen LogP contribution in [0.15, 0.2) is 18.2 Å². The molecule has 2 N–H and O–H groups in total. The van der Waals surface area contributed by atoms with E-state index >= 15 is 0 Å². The highest BCUT2D eigenvalue weighted by molar-refractivity contribution is 6.30. The van der Waals surface area contributed by atoms with E-state index in [1.54, 1.807) is 19.2 Å². The third-order valence-electron chi connectivity index (χ3n) is 2.95. The molecule has 0 radical (unpaired) electrons. The molecule has 0 spiro atoms. The molecule has 2 nitrogen and oxygen atoms in total. The molecule has 1 aromatic carbocycles. The largest absolute Gasteiger partial charge is 0.379 e. The van der Waals surface area contributed by atoms with Crippen molar-refractivity contribution in [2.75, 3.05) is 7.11 Å². The Balaban J connectivity index is 2.80. The van der Waals surface area contributed by atoms with E-state index in [9.17, 15) is 4.39 Å². The molecule has 1 aromatic rings. The van der Waals surface area contributed by atoms with Gasteiger partial charge in [0.05, 0.1) is 11.1 Å². The molecule has 0 fully saturated rings. The number of hydrogen-bond donors (Lipinski definition) is 1. The molecule has 2 atom stereocenters. The summed E-state index contributed by atoms with van der Waals surface area (Å²) in [5.41, 5.74) is 6.93. The topological polar surface area (TPSA) is 35.2 Å². The fraction of sp³-hybridized carbons (Fsp3) is 0.571. The minimum Gasteiger partial charge on any atom is -0.379 e. The van der Waals surface area contributed by atoms with Crippen molar-refractivity contribution in [2.24, 2.45) is 11.1 Å². The zero-order valence-electron chi connectivity index (χ0n) is 11.3. The van der Waals surface area contributed by atoms with E-state index in [0.717, 1.165) is 5.56 Å².